The maximum atomic E-state index is 5.24. The first-order valence-electron chi connectivity index (χ1n) is 16.3. The fourth-order valence-corrected chi connectivity index (χ4v) is 6.55. The van der Waals surface area contributed by atoms with Crippen molar-refractivity contribution < 1.29 is 0 Å². The minimum absolute atomic E-state index is 0.554. The van der Waals surface area contributed by atoms with E-state index in [0.29, 0.717) is 17.5 Å². The van der Waals surface area contributed by atoms with E-state index in [9.17, 15) is 0 Å². The molecular formula is C44H29N5. The highest BCUT2D eigenvalue weighted by Crippen LogP contribution is 2.37. The van der Waals surface area contributed by atoms with Crippen LogP contribution in [0.4, 0.5) is 0 Å². The van der Waals surface area contributed by atoms with Gasteiger partial charge >= 0.3 is 0 Å². The first kappa shape index (κ1) is 28.5. The Labute approximate surface area is 283 Å². The van der Waals surface area contributed by atoms with Crippen molar-refractivity contribution in [2.24, 2.45) is 0 Å². The monoisotopic (exact) mass is 627 g/mol. The molecule has 0 aliphatic rings. The second-order valence-corrected chi connectivity index (χ2v) is 11.9. The zero-order valence-electron chi connectivity index (χ0n) is 26.5. The van der Waals surface area contributed by atoms with Gasteiger partial charge in [-0.3, -0.25) is 4.57 Å². The van der Waals surface area contributed by atoms with Gasteiger partial charge in [-0.1, -0.05) is 146 Å². The second-order valence-electron chi connectivity index (χ2n) is 11.9. The SMILES string of the molecule is c1ccc(-c2cccc(-c3cnc(-n4c5ccccc5c5ccccc54)c(-c4nc(-c5ccccc5)nc(-c5ccccc5)n4)c3)c2)cc1. The minimum atomic E-state index is 0.554. The molecule has 5 nitrogen and oxygen atoms in total. The van der Waals surface area contributed by atoms with Crippen molar-refractivity contribution in [2.75, 3.05) is 0 Å². The molecule has 0 aliphatic heterocycles. The van der Waals surface area contributed by atoms with Gasteiger partial charge in [-0.25, -0.2) is 19.9 Å². The number of rotatable bonds is 6. The van der Waals surface area contributed by atoms with E-state index in [1.807, 2.05) is 72.9 Å². The van der Waals surface area contributed by atoms with Gasteiger partial charge < -0.3 is 0 Å². The summed E-state index contributed by atoms with van der Waals surface area (Å²) in [7, 11) is 0. The van der Waals surface area contributed by atoms with Crippen molar-refractivity contribution in [2.45, 2.75) is 0 Å². The molecular weight excluding hydrogens is 599 g/mol. The maximum absolute atomic E-state index is 5.24. The van der Waals surface area contributed by atoms with E-state index >= 15 is 0 Å². The number of hydrogen-bond acceptors (Lipinski definition) is 4. The van der Waals surface area contributed by atoms with Gasteiger partial charge in [0.2, 0.25) is 0 Å². The molecule has 0 atom stereocenters. The van der Waals surface area contributed by atoms with Crippen LogP contribution in [0.2, 0.25) is 0 Å². The smallest absolute Gasteiger partial charge is 0.167 e. The summed E-state index contributed by atoms with van der Waals surface area (Å²) in [5.41, 5.74) is 9.12. The van der Waals surface area contributed by atoms with Crippen LogP contribution in [0, 0.1) is 0 Å². The van der Waals surface area contributed by atoms with Crippen LogP contribution in [-0.4, -0.2) is 24.5 Å². The van der Waals surface area contributed by atoms with Gasteiger partial charge in [-0.05, 0) is 41.0 Å². The quantitative estimate of drug-likeness (QED) is 0.184. The number of benzene rings is 6. The number of nitrogens with zero attached hydrogens (tertiary/aromatic N) is 5. The molecule has 3 heterocycles. The van der Waals surface area contributed by atoms with E-state index < -0.39 is 0 Å². The molecule has 0 amide bonds. The summed E-state index contributed by atoms with van der Waals surface area (Å²) in [5.74, 6) is 2.52. The summed E-state index contributed by atoms with van der Waals surface area (Å²) >= 11 is 0. The van der Waals surface area contributed by atoms with E-state index in [1.54, 1.807) is 0 Å². The third-order valence-electron chi connectivity index (χ3n) is 8.90. The summed E-state index contributed by atoms with van der Waals surface area (Å²) in [6.07, 6.45) is 1.96. The van der Waals surface area contributed by atoms with Crippen LogP contribution in [0.25, 0.3) is 84.0 Å². The molecule has 5 heteroatoms. The van der Waals surface area contributed by atoms with Crippen molar-refractivity contribution in [3.63, 3.8) is 0 Å². The van der Waals surface area contributed by atoms with Crippen molar-refractivity contribution >= 4 is 21.8 Å². The highest BCUT2D eigenvalue weighted by Gasteiger charge is 2.21. The zero-order chi connectivity index (χ0) is 32.6. The number of para-hydroxylation sites is 2. The molecule has 0 N–H and O–H groups in total. The Morgan fingerprint density at radius 3 is 1.37 bits per heavy atom. The lowest BCUT2D eigenvalue weighted by atomic mass is 9.99. The molecule has 0 saturated carbocycles. The number of aromatic nitrogens is 5. The standard InChI is InChI=1S/C44H29N5/c1-4-15-30(16-5-1)33-21-14-22-34(27-33)35-28-38(44(45-29-35)49-39-25-12-10-23-36(39)37-24-11-13-26-40(37)49)43-47-41(31-17-6-2-7-18-31)46-42(48-43)32-19-8-3-9-20-32/h1-29H. The van der Waals surface area contributed by atoms with E-state index in [1.165, 1.54) is 0 Å². The molecule has 9 rings (SSSR count). The zero-order valence-corrected chi connectivity index (χ0v) is 26.5. The highest BCUT2D eigenvalue weighted by molar-refractivity contribution is 6.09. The second kappa shape index (κ2) is 12.1. The Balaban J connectivity index is 1.33. The molecule has 6 aromatic carbocycles. The molecule has 49 heavy (non-hydrogen) atoms. The lowest BCUT2D eigenvalue weighted by molar-refractivity contribution is 1.04. The molecule has 0 aliphatic carbocycles. The summed E-state index contributed by atoms with van der Waals surface area (Å²) in [4.78, 5) is 20.5. The van der Waals surface area contributed by atoms with Crippen molar-refractivity contribution in [3.05, 3.63) is 176 Å². The van der Waals surface area contributed by atoms with Gasteiger partial charge in [-0.2, -0.15) is 0 Å². The molecule has 3 aromatic heterocycles. The molecule has 0 fully saturated rings. The lowest BCUT2D eigenvalue weighted by Crippen LogP contribution is -2.05. The third-order valence-corrected chi connectivity index (χ3v) is 8.90. The number of pyridine rings is 1. The molecule has 230 valence electrons. The van der Waals surface area contributed by atoms with E-state index in [-0.39, 0.29) is 0 Å². The van der Waals surface area contributed by atoms with Gasteiger partial charge in [-0.15, -0.1) is 0 Å². The van der Waals surface area contributed by atoms with Gasteiger partial charge in [0.25, 0.3) is 0 Å². The Morgan fingerprint density at radius 2 is 0.796 bits per heavy atom. The normalized spacial score (nSPS) is 11.3. The lowest BCUT2D eigenvalue weighted by Gasteiger charge is -2.15. The van der Waals surface area contributed by atoms with Crippen LogP contribution in [0.5, 0.6) is 0 Å². The van der Waals surface area contributed by atoms with Crippen LogP contribution >= 0.6 is 0 Å². The molecule has 0 saturated heterocycles. The average Bonchev–Trinajstić information content (AvgIpc) is 3.53. The first-order valence-corrected chi connectivity index (χ1v) is 16.3. The number of fused-ring (bicyclic) bond motifs is 3. The van der Waals surface area contributed by atoms with Crippen LogP contribution in [0.1, 0.15) is 0 Å². The molecule has 9 aromatic rings. The predicted molar refractivity (Wildman–Crippen MR) is 199 cm³/mol. The van der Waals surface area contributed by atoms with Crippen LogP contribution in [0.15, 0.2) is 176 Å². The van der Waals surface area contributed by atoms with Gasteiger partial charge in [0, 0.05) is 33.7 Å². The molecule has 0 unspecified atom stereocenters. The van der Waals surface area contributed by atoms with Crippen molar-refractivity contribution in [1.29, 1.82) is 0 Å². The minimum Gasteiger partial charge on any atom is -0.293 e. The third kappa shape index (κ3) is 5.24. The summed E-state index contributed by atoms with van der Waals surface area (Å²) in [5, 5.41) is 2.33. The van der Waals surface area contributed by atoms with Crippen molar-refractivity contribution in [3.8, 4) is 62.2 Å². The summed E-state index contributed by atoms with van der Waals surface area (Å²) in [6.45, 7) is 0. The molecule has 0 bridgehead atoms. The van der Waals surface area contributed by atoms with Crippen LogP contribution < -0.4 is 0 Å². The average molecular weight is 628 g/mol. The maximum Gasteiger partial charge on any atom is 0.167 e. The first-order chi connectivity index (χ1) is 24.3. The summed E-state index contributed by atoms with van der Waals surface area (Å²) < 4.78 is 2.23. The number of hydrogen-bond donors (Lipinski definition) is 0. The van der Waals surface area contributed by atoms with Crippen LogP contribution in [0.3, 0.4) is 0 Å². The van der Waals surface area contributed by atoms with Crippen LogP contribution in [-0.2, 0) is 0 Å². The van der Waals surface area contributed by atoms with Crippen molar-refractivity contribution in [1.82, 2.24) is 24.5 Å². The Morgan fingerprint density at radius 1 is 0.347 bits per heavy atom. The topological polar surface area (TPSA) is 56.5 Å². The van der Waals surface area contributed by atoms with Gasteiger partial charge in [0.1, 0.15) is 5.82 Å². The van der Waals surface area contributed by atoms with E-state index in [2.05, 4.69) is 108 Å². The summed E-state index contributed by atoms with van der Waals surface area (Å²) in [6, 6.07) is 58.3. The van der Waals surface area contributed by atoms with Gasteiger partial charge in [0.15, 0.2) is 17.5 Å². The van der Waals surface area contributed by atoms with E-state index in [0.717, 1.165) is 66.6 Å². The Kier molecular flexibility index (Phi) is 7.06. The Bertz CT molecular complexity index is 2480. The largest absolute Gasteiger partial charge is 0.293 e. The van der Waals surface area contributed by atoms with E-state index in [4.69, 9.17) is 19.9 Å². The molecule has 0 radical (unpaired) electrons. The highest BCUT2D eigenvalue weighted by atomic mass is 15.1. The Hall–Kier alpha value is -6.72. The predicted octanol–water partition coefficient (Wildman–Crippen LogP) is 10.7. The fourth-order valence-electron chi connectivity index (χ4n) is 6.55. The van der Waals surface area contributed by atoms with Gasteiger partial charge in [0.05, 0.1) is 16.6 Å². The molecule has 0 spiro atoms. The fraction of sp³-hybridized carbons (Fsp3) is 0.